The van der Waals surface area contributed by atoms with Crippen molar-refractivity contribution < 1.29 is 9.53 Å². The summed E-state index contributed by atoms with van der Waals surface area (Å²) in [5.41, 5.74) is 2.14. The van der Waals surface area contributed by atoms with Crippen molar-refractivity contribution in [3.8, 4) is 5.75 Å². The predicted molar refractivity (Wildman–Crippen MR) is 75.5 cm³/mol. The van der Waals surface area contributed by atoms with E-state index in [2.05, 4.69) is 12.2 Å². The number of benzene rings is 1. The highest BCUT2D eigenvalue weighted by atomic mass is 16.5. The monoisotopic (exact) mass is 262 g/mol. The molecule has 4 nitrogen and oxygen atoms in total. The molecular formula is C15H22N2O2. The fourth-order valence-electron chi connectivity index (χ4n) is 2.46. The first-order valence-electron chi connectivity index (χ1n) is 6.79. The van der Waals surface area contributed by atoms with Gasteiger partial charge in [0.25, 0.3) is 5.91 Å². The average Bonchev–Trinajstić information content (AvgIpc) is 2.38. The molecule has 1 amide bonds. The Morgan fingerprint density at radius 2 is 2.11 bits per heavy atom. The number of carbonyl (C=O) groups is 1. The fraction of sp³-hybridized carbons (Fsp3) is 0.533. The van der Waals surface area contributed by atoms with Gasteiger partial charge < -0.3 is 15.0 Å². The van der Waals surface area contributed by atoms with Gasteiger partial charge in [0.15, 0.2) is 6.61 Å². The zero-order valence-corrected chi connectivity index (χ0v) is 11.9. The minimum atomic E-state index is 0.0663. The van der Waals surface area contributed by atoms with Crippen molar-refractivity contribution in [1.29, 1.82) is 0 Å². The molecule has 0 radical (unpaired) electrons. The van der Waals surface area contributed by atoms with E-state index >= 15 is 0 Å². The summed E-state index contributed by atoms with van der Waals surface area (Å²) in [7, 11) is 0. The Balaban J connectivity index is 1.96. The number of amides is 1. The van der Waals surface area contributed by atoms with E-state index in [0.29, 0.717) is 0 Å². The van der Waals surface area contributed by atoms with Crippen molar-refractivity contribution in [1.82, 2.24) is 10.2 Å². The molecule has 19 heavy (non-hydrogen) atoms. The predicted octanol–water partition coefficient (Wildman–Crippen LogP) is 1.50. The Bertz CT molecular complexity index is 439. The van der Waals surface area contributed by atoms with Crippen LogP contribution in [0.3, 0.4) is 0 Å². The first-order chi connectivity index (χ1) is 9.09. The largest absolute Gasteiger partial charge is 0.483 e. The third kappa shape index (κ3) is 3.26. The summed E-state index contributed by atoms with van der Waals surface area (Å²) in [5.74, 6) is 0.898. The third-order valence-corrected chi connectivity index (χ3v) is 3.57. The van der Waals surface area contributed by atoms with Crippen molar-refractivity contribution in [2.45, 2.75) is 26.8 Å². The molecule has 1 aromatic rings. The van der Waals surface area contributed by atoms with Gasteiger partial charge in [0.05, 0.1) is 0 Å². The average molecular weight is 262 g/mol. The van der Waals surface area contributed by atoms with Gasteiger partial charge in [-0.3, -0.25) is 4.79 Å². The highest BCUT2D eigenvalue weighted by molar-refractivity contribution is 5.78. The Hall–Kier alpha value is -1.55. The highest BCUT2D eigenvalue weighted by Crippen LogP contribution is 2.22. The van der Waals surface area contributed by atoms with Crippen LogP contribution in [0.15, 0.2) is 18.2 Å². The first kappa shape index (κ1) is 13.9. The van der Waals surface area contributed by atoms with Crippen molar-refractivity contribution in [3.63, 3.8) is 0 Å². The lowest BCUT2D eigenvalue weighted by atomic mass is 10.1. The maximum Gasteiger partial charge on any atom is 0.260 e. The van der Waals surface area contributed by atoms with Crippen LogP contribution in [0, 0.1) is 13.8 Å². The number of rotatable bonds is 3. The molecule has 0 aliphatic carbocycles. The van der Waals surface area contributed by atoms with Crippen LogP contribution < -0.4 is 10.1 Å². The van der Waals surface area contributed by atoms with E-state index in [1.165, 1.54) is 0 Å². The van der Waals surface area contributed by atoms with Gasteiger partial charge in [-0.05, 0) is 31.9 Å². The van der Waals surface area contributed by atoms with Crippen LogP contribution in [0.1, 0.15) is 18.1 Å². The Kier molecular flexibility index (Phi) is 4.43. The summed E-state index contributed by atoms with van der Waals surface area (Å²) in [6.07, 6.45) is 0. The number of aryl methyl sites for hydroxylation is 2. The lowest BCUT2D eigenvalue weighted by Gasteiger charge is -2.33. The van der Waals surface area contributed by atoms with Crippen LogP contribution in [0.4, 0.5) is 0 Å². The van der Waals surface area contributed by atoms with E-state index < -0.39 is 0 Å². The Morgan fingerprint density at radius 3 is 2.74 bits per heavy atom. The fourth-order valence-corrected chi connectivity index (χ4v) is 2.46. The van der Waals surface area contributed by atoms with Crippen LogP contribution in [0.5, 0.6) is 5.75 Å². The number of nitrogens with zero attached hydrogens (tertiary/aromatic N) is 1. The third-order valence-electron chi connectivity index (χ3n) is 3.57. The second-order valence-corrected chi connectivity index (χ2v) is 5.15. The number of hydrogen-bond acceptors (Lipinski definition) is 3. The molecule has 2 rings (SSSR count). The molecule has 1 aromatic carbocycles. The molecule has 0 saturated carbocycles. The minimum Gasteiger partial charge on any atom is -0.483 e. The second-order valence-electron chi connectivity index (χ2n) is 5.15. The van der Waals surface area contributed by atoms with E-state index in [0.717, 1.165) is 36.5 Å². The molecule has 104 valence electrons. The molecule has 0 spiro atoms. The van der Waals surface area contributed by atoms with E-state index in [9.17, 15) is 4.79 Å². The SMILES string of the molecule is Cc1cccc(C)c1OCC(=O)N1CCNCC1C. The molecule has 1 N–H and O–H groups in total. The van der Waals surface area contributed by atoms with Gasteiger partial charge in [-0.25, -0.2) is 0 Å². The Labute approximate surface area is 114 Å². The van der Waals surface area contributed by atoms with Gasteiger partial charge in [-0.15, -0.1) is 0 Å². The van der Waals surface area contributed by atoms with Gasteiger partial charge in [0.2, 0.25) is 0 Å². The van der Waals surface area contributed by atoms with Gasteiger partial charge in [-0.1, -0.05) is 18.2 Å². The molecule has 1 aliphatic heterocycles. The number of para-hydroxylation sites is 1. The molecule has 1 heterocycles. The minimum absolute atomic E-state index is 0.0663. The van der Waals surface area contributed by atoms with E-state index in [-0.39, 0.29) is 18.6 Å². The van der Waals surface area contributed by atoms with Crippen molar-refractivity contribution in [2.24, 2.45) is 0 Å². The zero-order chi connectivity index (χ0) is 13.8. The van der Waals surface area contributed by atoms with E-state index in [4.69, 9.17) is 4.74 Å². The second kappa shape index (κ2) is 6.06. The number of nitrogens with one attached hydrogen (secondary N) is 1. The normalized spacial score (nSPS) is 19.3. The number of hydrogen-bond donors (Lipinski definition) is 1. The number of ether oxygens (including phenoxy) is 1. The number of carbonyl (C=O) groups excluding carboxylic acids is 1. The van der Waals surface area contributed by atoms with Gasteiger partial charge >= 0.3 is 0 Å². The van der Waals surface area contributed by atoms with Crippen LogP contribution in [-0.2, 0) is 4.79 Å². The van der Waals surface area contributed by atoms with E-state index in [1.807, 2.05) is 36.9 Å². The van der Waals surface area contributed by atoms with Crippen LogP contribution in [0.2, 0.25) is 0 Å². The molecule has 1 aliphatic rings. The summed E-state index contributed by atoms with van der Waals surface area (Å²) in [6.45, 7) is 8.66. The van der Waals surface area contributed by atoms with Crippen molar-refractivity contribution in [2.75, 3.05) is 26.2 Å². The standard InChI is InChI=1S/C15H22N2O2/c1-11-5-4-6-12(2)15(11)19-10-14(18)17-8-7-16-9-13(17)3/h4-6,13,16H,7-10H2,1-3H3. The summed E-state index contributed by atoms with van der Waals surface area (Å²) < 4.78 is 5.72. The molecule has 0 aromatic heterocycles. The molecule has 1 saturated heterocycles. The Morgan fingerprint density at radius 1 is 1.42 bits per heavy atom. The molecule has 1 unspecified atom stereocenters. The van der Waals surface area contributed by atoms with Crippen LogP contribution in [-0.4, -0.2) is 43.1 Å². The maximum absolute atomic E-state index is 12.2. The topological polar surface area (TPSA) is 41.6 Å². The van der Waals surface area contributed by atoms with Gasteiger partial charge in [0, 0.05) is 25.7 Å². The van der Waals surface area contributed by atoms with Crippen molar-refractivity contribution >= 4 is 5.91 Å². The van der Waals surface area contributed by atoms with Gasteiger partial charge in [-0.2, -0.15) is 0 Å². The maximum atomic E-state index is 12.2. The molecular weight excluding hydrogens is 240 g/mol. The summed E-state index contributed by atoms with van der Waals surface area (Å²) in [5, 5.41) is 3.28. The van der Waals surface area contributed by atoms with Gasteiger partial charge in [0.1, 0.15) is 5.75 Å². The first-order valence-corrected chi connectivity index (χ1v) is 6.79. The van der Waals surface area contributed by atoms with Crippen LogP contribution in [0.25, 0.3) is 0 Å². The molecule has 1 atom stereocenters. The van der Waals surface area contributed by atoms with Crippen molar-refractivity contribution in [3.05, 3.63) is 29.3 Å². The lowest BCUT2D eigenvalue weighted by Crippen LogP contribution is -2.53. The summed E-state index contributed by atoms with van der Waals surface area (Å²) in [6, 6.07) is 6.24. The van der Waals surface area contributed by atoms with Crippen LogP contribution >= 0.6 is 0 Å². The molecule has 0 bridgehead atoms. The quantitative estimate of drug-likeness (QED) is 0.897. The molecule has 4 heteroatoms. The smallest absolute Gasteiger partial charge is 0.260 e. The highest BCUT2D eigenvalue weighted by Gasteiger charge is 2.23. The molecule has 1 fully saturated rings. The van der Waals surface area contributed by atoms with E-state index in [1.54, 1.807) is 0 Å². The number of piperazine rings is 1. The lowest BCUT2D eigenvalue weighted by molar-refractivity contribution is -0.136. The zero-order valence-electron chi connectivity index (χ0n) is 11.9. The summed E-state index contributed by atoms with van der Waals surface area (Å²) in [4.78, 5) is 14.1. The summed E-state index contributed by atoms with van der Waals surface area (Å²) >= 11 is 0.